The fourth-order valence-electron chi connectivity index (χ4n) is 13.5. The molecule has 0 aromatic rings. The van der Waals surface area contributed by atoms with E-state index in [1.807, 2.05) is 6.08 Å². The van der Waals surface area contributed by atoms with Crippen LogP contribution < -0.4 is 16.0 Å². The molecule has 4 aliphatic rings. The number of allylic oxidation sites excluding steroid dienone is 1. The molecule has 3 amide bonds. The molecule has 4 fully saturated rings. The van der Waals surface area contributed by atoms with E-state index in [2.05, 4.69) is 29.8 Å². The van der Waals surface area contributed by atoms with Crippen LogP contribution in [-0.4, -0.2) is 290 Å². The van der Waals surface area contributed by atoms with Crippen molar-refractivity contribution in [3.63, 3.8) is 0 Å². The molecule has 8 unspecified atom stereocenters. The summed E-state index contributed by atoms with van der Waals surface area (Å²) < 4.78 is 46.4. The van der Waals surface area contributed by atoms with Crippen LogP contribution in [0.15, 0.2) is 12.2 Å². The summed E-state index contributed by atoms with van der Waals surface area (Å²) in [6.07, 6.45) is -8.38. The number of unbranched alkanes of at least 4 members (excludes halogenated alkanes) is 25. The van der Waals surface area contributed by atoms with Gasteiger partial charge in [-0.25, -0.2) is 9.59 Å². The van der Waals surface area contributed by atoms with Crippen LogP contribution in [0.2, 0.25) is 0 Å². The van der Waals surface area contributed by atoms with Gasteiger partial charge < -0.3 is 136 Å². The highest BCUT2D eigenvalue weighted by molar-refractivity contribution is 5.78. The average Bonchev–Trinajstić information content (AvgIpc) is 0.761. The second-order valence-corrected chi connectivity index (χ2v) is 27.9. The van der Waals surface area contributed by atoms with Crippen molar-refractivity contribution >= 4 is 29.7 Å². The molecular weight excluding hydrogens is 1350 g/mol. The fourth-order valence-corrected chi connectivity index (χ4v) is 13.5. The van der Waals surface area contributed by atoms with Gasteiger partial charge in [-0.05, 0) is 19.3 Å². The first-order valence-corrected chi connectivity index (χ1v) is 37.2. The molecule has 0 bridgehead atoms. The molecule has 32 heteroatoms. The quantitative estimate of drug-likeness (QED) is 0.0288. The van der Waals surface area contributed by atoms with Crippen LogP contribution in [0.25, 0.3) is 0 Å². The van der Waals surface area contributed by atoms with Crippen LogP contribution in [0, 0.1) is 0 Å². The molecule has 594 valence electrons. The van der Waals surface area contributed by atoms with Crippen molar-refractivity contribution in [1.82, 2.24) is 16.0 Å². The first kappa shape index (κ1) is 90.6. The summed E-state index contributed by atoms with van der Waals surface area (Å²) in [4.78, 5) is 64.9. The molecule has 4 aliphatic heterocycles. The highest BCUT2D eigenvalue weighted by atomic mass is 16.8. The molecular formula is C70H125N3O29. The van der Waals surface area contributed by atoms with Crippen molar-refractivity contribution in [2.75, 3.05) is 33.0 Å². The highest BCUT2D eigenvalue weighted by Crippen LogP contribution is 2.41. The third-order valence-corrected chi connectivity index (χ3v) is 19.5. The van der Waals surface area contributed by atoms with E-state index < -0.39 is 216 Å². The van der Waals surface area contributed by atoms with Crippen LogP contribution in [0.5, 0.6) is 0 Å². The lowest BCUT2D eigenvalue weighted by molar-refractivity contribution is -0.388. The minimum absolute atomic E-state index is 0.155. The number of carbonyl (C=O) groups excluding carboxylic acids is 3. The van der Waals surface area contributed by atoms with E-state index in [4.69, 9.17) is 37.9 Å². The molecule has 24 atom stereocenters. The lowest BCUT2D eigenvalue weighted by Gasteiger charge is -2.51. The van der Waals surface area contributed by atoms with E-state index >= 15 is 0 Å². The summed E-state index contributed by atoms with van der Waals surface area (Å²) in [6.45, 7) is 1.10. The third kappa shape index (κ3) is 28.4. The molecule has 0 saturated carbocycles. The van der Waals surface area contributed by atoms with Crippen molar-refractivity contribution in [3.8, 4) is 0 Å². The van der Waals surface area contributed by atoms with Crippen LogP contribution in [-0.2, 0) is 61.9 Å². The molecule has 0 spiro atoms. The molecule has 19 N–H and O–H groups in total. The number of nitrogens with one attached hydrogen (secondary N) is 3. The molecule has 0 aromatic heterocycles. The van der Waals surface area contributed by atoms with Gasteiger partial charge in [-0.3, -0.25) is 14.4 Å². The van der Waals surface area contributed by atoms with Gasteiger partial charge in [-0.2, -0.15) is 0 Å². The van der Waals surface area contributed by atoms with Gasteiger partial charge >= 0.3 is 11.9 Å². The number of carboxylic acids is 2. The van der Waals surface area contributed by atoms with Gasteiger partial charge in [-0.15, -0.1) is 0 Å². The number of ether oxygens (including phenoxy) is 8. The van der Waals surface area contributed by atoms with E-state index in [1.165, 1.54) is 109 Å². The topological polar surface area (TPSA) is 519 Å². The van der Waals surface area contributed by atoms with Crippen LogP contribution >= 0.6 is 0 Å². The monoisotopic (exact) mass is 1470 g/mol. The normalized spacial score (nSPS) is 31.7. The minimum atomic E-state index is -3.39. The second kappa shape index (κ2) is 47.8. The Morgan fingerprint density at radius 1 is 0.529 bits per heavy atom. The Labute approximate surface area is 598 Å². The number of aliphatic hydroxyl groups excluding tert-OH is 14. The predicted molar refractivity (Wildman–Crippen MR) is 363 cm³/mol. The fraction of sp³-hybridized carbons (Fsp3) is 0.900. The van der Waals surface area contributed by atoms with E-state index in [0.29, 0.717) is 12.8 Å². The Hall–Kier alpha value is -3.79. The lowest BCUT2D eigenvalue weighted by atomic mass is 9.87. The van der Waals surface area contributed by atoms with Crippen molar-refractivity contribution in [2.24, 2.45) is 0 Å². The minimum Gasteiger partial charge on any atom is -0.477 e. The zero-order chi connectivity index (χ0) is 75.5. The molecule has 4 rings (SSSR count). The van der Waals surface area contributed by atoms with Gasteiger partial charge in [0.25, 0.3) is 11.6 Å². The number of carboxylic acid groups (broad SMARTS) is 2. The number of aliphatic carboxylic acids is 2. The van der Waals surface area contributed by atoms with E-state index in [-0.39, 0.29) is 12.3 Å². The Balaban J connectivity index is 1.50. The maximum Gasteiger partial charge on any atom is 0.364 e. The molecule has 0 aromatic carbocycles. The largest absolute Gasteiger partial charge is 0.477 e. The Morgan fingerprint density at radius 2 is 0.980 bits per heavy atom. The summed E-state index contributed by atoms with van der Waals surface area (Å²) >= 11 is 0. The summed E-state index contributed by atoms with van der Waals surface area (Å²) in [7, 11) is 0. The van der Waals surface area contributed by atoms with Crippen molar-refractivity contribution in [2.45, 2.75) is 366 Å². The number of hydrogen-bond donors (Lipinski definition) is 19. The Morgan fingerprint density at radius 3 is 1.44 bits per heavy atom. The van der Waals surface area contributed by atoms with E-state index in [1.54, 1.807) is 6.08 Å². The van der Waals surface area contributed by atoms with E-state index in [0.717, 1.165) is 65.2 Å². The first-order chi connectivity index (χ1) is 48.7. The van der Waals surface area contributed by atoms with E-state index in [9.17, 15) is 106 Å². The average molecular weight is 1470 g/mol. The SMILES string of the molecule is CCCCCCCCCCCCC/C=C/[C@@H](O)[C@H](CO[C@@H]1OC(CO)[C@@H](O[C@@H]2OC(CO)[C@H](O)[C@H](O[C@]3(C(=O)O)CC(O)[C@@H](NC(C)=O)C([C@H](O)[C@@H](CO)O[C@]4(C(=O)O)CC(O)[C@@H](NC(C)=O)C([C@H](O)[C@H](O)CO)O4)O3)C2O)[C@H](O)C1O)NC(=O)CCCCCCCCCCCCCCCCC. The van der Waals surface area contributed by atoms with Gasteiger partial charge in [0.05, 0.1) is 69.5 Å². The Bertz CT molecular complexity index is 2410. The molecule has 0 aliphatic carbocycles. The van der Waals surface area contributed by atoms with Crippen molar-refractivity contribution < 1.29 is 144 Å². The summed E-state index contributed by atoms with van der Waals surface area (Å²) in [5.74, 6) is -13.1. The molecule has 102 heavy (non-hydrogen) atoms. The third-order valence-electron chi connectivity index (χ3n) is 19.5. The molecule has 4 saturated heterocycles. The number of hydrogen-bond acceptors (Lipinski definition) is 27. The maximum atomic E-state index is 13.6. The first-order valence-electron chi connectivity index (χ1n) is 37.2. The van der Waals surface area contributed by atoms with Crippen LogP contribution in [0.4, 0.5) is 0 Å². The summed E-state index contributed by atoms with van der Waals surface area (Å²) in [6, 6.07) is -4.73. The number of carbonyl (C=O) groups is 5. The predicted octanol–water partition coefficient (Wildman–Crippen LogP) is 0.339. The van der Waals surface area contributed by atoms with Gasteiger partial charge in [0.1, 0.15) is 85.5 Å². The van der Waals surface area contributed by atoms with Crippen molar-refractivity contribution in [3.05, 3.63) is 12.2 Å². The number of aliphatic hydroxyl groups is 14. The van der Waals surface area contributed by atoms with Gasteiger partial charge in [-0.1, -0.05) is 180 Å². The zero-order valence-corrected chi connectivity index (χ0v) is 60.1. The molecule has 4 heterocycles. The smallest absolute Gasteiger partial charge is 0.364 e. The van der Waals surface area contributed by atoms with Gasteiger partial charge in [0.2, 0.25) is 17.7 Å². The summed E-state index contributed by atoms with van der Waals surface area (Å²) in [5.41, 5.74) is 0. The molecule has 0 radical (unpaired) electrons. The van der Waals surface area contributed by atoms with Crippen LogP contribution in [0.1, 0.15) is 220 Å². The van der Waals surface area contributed by atoms with Crippen molar-refractivity contribution in [1.29, 1.82) is 0 Å². The lowest BCUT2D eigenvalue weighted by Crippen LogP contribution is -2.72. The Kier molecular flexibility index (Phi) is 42.5. The number of amides is 3. The highest BCUT2D eigenvalue weighted by Gasteiger charge is 2.62. The standard InChI is InChI=1S/C70H125N3O29/c1-5-7-9-11-13-15-17-19-20-22-24-26-28-30-32-34-52(84)73-44(45(80)33-31-29-27-25-23-21-18-16-14-12-10-8-6-2)41-95-65-59(89)58(88)61(51(40-77)97-65)98-66-60(90)64(56(86)49(38-75)96-66)102-70(68(93)94)36-47(82)54(72-43(4)79)63(101-70)57(87)50(39-76)99-69(67(91)92)35-46(81)53(71-42(3)78)62(100-69)55(85)48(83)37-74/h31,33,44-51,53-66,74-77,80-83,85-90H,5-30,32,34-41H2,1-4H3,(H,71,78)(H,72,79)(H,73,84)(H,91,92)(H,93,94)/b33-31+/t44-,45+,46?,47?,48+,49?,50+,51?,53+,54+,55+,56-,57+,58+,59?,60?,61+,62?,63?,64-,65+,66-,69+,70-/m0/s1. The number of rotatable bonds is 52. The zero-order valence-electron chi connectivity index (χ0n) is 60.1. The maximum absolute atomic E-state index is 13.6. The second-order valence-electron chi connectivity index (χ2n) is 27.9. The van der Waals surface area contributed by atoms with Crippen LogP contribution in [0.3, 0.4) is 0 Å². The van der Waals surface area contributed by atoms with Gasteiger partial charge in [0, 0.05) is 33.1 Å². The molecule has 32 nitrogen and oxygen atoms in total. The summed E-state index contributed by atoms with van der Waals surface area (Å²) in [5, 5.41) is 185. The van der Waals surface area contributed by atoms with Gasteiger partial charge in [0.15, 0.2) is 12.6 Å².